The first kappa shape index (κ1) is 12.5. The minimum absolute atomic E-state index is 0.545. The molecule has 0 unspecified atom stereocenters. The van der Waals surface area contributed by atoms with Crippen LogP contribution in [0.1, 0.15) is 27.7 Å². The van der Waals surface area contributed by atoms with Gasteiger partial charge in [0.25, 0.3) is 0 Å². The van der Waals surface area contributed by atoms with E-state index in [1.165, 1.54) is 5.70 Å². The van der Waals surface area contributed by atoms with Crippen molar-refractivity contribution in [3.63, 3.8) is 0 Å². The first-order valence-corrected chi connectivity index (χ1v) is 5.08. The molecule has 0 aromatic rings. The molecule has 2 heteroatoms. The summed E-state index contributed by atoms with van der Waals surface area (Å²) in [6, 6.07) is 0.570. The number of rotatable bonds is 6. The van der Waals surface area contributed by atoms with Gasteiger partial charge < -0.3 is 10.2 Å². The van der Waals surface area contributed by atoms with Gasteiger partial charge >= 0.3 is 0 Å². The van der Waals surface area contributed by atoms with Gasteiger partial charge in [-0.25, -0.2) is 0 Å². The summed E-state index contributed by atoms with van der Waals surface area (Å²) in [5.41, 5.74) is 1.21. The van der Waals surface area contributed by atoms with Crippen molar-refractivity contribution in [3.05, 3.63) is 12.3 Å². The quantitative estimate of drug-likeness (QED) is 0.680. The fourth-order valence-electron chi connectivity index (χ4n) is 1.11. The Morgan fingerprint density at radius 2 is 1.85 bits per heavy atom. The topological polar surface area (TPSA) is 15.3 Å². The molecular formula is C11H24N2. The lowest BCUT2D eigenvalue weighted by Gasteiger charge is -2.24. The van der Waals surface area contributed by atoms with E-state index < -0.39 is 0 Å². The third kappa shape index (κ3) is 5.69. The molecule has 0 rings (SSSR count). The van der Waals surface area contributed by atoms with Gasteiger partial charge in [0.2, 0.25) is 0 Å². The lowest BCUT2D eigenvalue weighted by molar-refractivity contribution is 0.365. The van der Waals surface area contributed by atoms with Crippen LogP contribution in [0.3, 0.4) is 0 Å². The summed E-state index contributed by atoms with van der Waals surface area (Å²) in [5.74, 6) is 0.545. The zero-order chi connectivity index (χ0) is 10.4. The maximum absolute atomic E-state index is 4.05. The lowest BCUT2D eigenvalue weighted by atomic mass is 10.1. The number of nitrogens with zero attached hydrogens (tertiary/aromatic N) is 1. The van der Waals surface area contributed by atoms with E-state index in [0.29, 0.717) is 12.0 Å². The van der Waals surface area contributed by atoms with Crippen LogP contribution in [0.25, 0.3) is 0 Å². The lowest BCUT2D eigenvalue weighted by Crippen LogP contribution is -2.33. The maximum atomic E-state index is 4.05. The van der Waals surface area contributed by atoms with Crippen molar-refractivity contribution in [1.29, 1.82) is 0 Å². The minimum Gasteiger partial charge on any atom is -0.377 e. The molecule has 13 heavy (non-hydrogen) atoms. The summed E-state index contributed by atoms with van der Waals surface area (Å²) in [4.78, 5) is 2.22. The zero-order valence-corrected chi connectivity index (χ0v) is 9.72. The van der Waals surface area contributed by atoms with E-state index in [-0.39, 0.29) is 0 Å². The molecule has 1 N–H and O–H groups in total. The van der Waals surface area contributed by atoms with Crippen molar-refractivity contribution < 1.29 is 0 Å². The SMILES string of the molecule is C=C(C(C)C)N(C)CCNC(C)C. The third-order valence-electron chi connectivity index (χ3n) is 2.16. The monoisotopic (exact) mass is 184 g/mol. The second kappa shape index (κ2) is 6.03. The molecule has 0 aromatic heterocycles. The summed E-state index contributed by atoms with van der Waals surface area (Å²) in [6.45, 7) is 14.8. The molecule has 0 radical (unpaired) electrons. The summed E-state index contributed by atoms with van der Waals surface area (Å²) in [6.07, 6.45) is 0. The van der Waals surface area contributed by atoms with Crippen molar-refractivity contribution in [2.75, 3.05) is 20.1 Å². The van der Waals surface area contributed by atoms with Crippen LogP contribution in [0, 0.1) is 5.92 Å². The Kier molecular flexibility index (Phi) is 5.80. The number of nitrogens with one attached hydrogen (secondary N) is 1. The van der Waals surface area contributed by atoms with Crippen LogP contribution in [0.4, 0.5) is 0 Å². The highest BCUT2D eigenvalue weighted by Gasteiger charge is 2.05. The normalized spacial score (nSPS) is 11.0. The Morgan fingerprint density at radius 3 is 2.23 bits per heavy atom. The predicted octanol–water partition coefficient (Wildman–Crippen LogP) is 2.09. The van der Waals surface area contributed by atoms with E-state index in [4.69, 9.17) is 0 Å². The average Bonchev–Trinajstić information content (AvgIpc) is 2.02. The molecule has 0 aliphatic rings. The Morgan fingerprint density at radius 1 is 1.31 bits per heavy atom. The standard InChI is InChI=1S/C11H24N2/c1-9(2)11(5)13(6)8-7-12-10(3)4/h9-10,12H,5,7-8H2,1-4,6H3. The average molecular weight is 184 g/mol. The van der Waals surface area contributed by atoms with Crippen LogP contribution in [-0.2, 0) is 0 Å². The van der Waals surface area contributed by atoms with E-state index in [9.17, 15) is 0 Å². The Bertz CT molecular complexity index is 150. The van der Waals surface area contributed by atoms with Crippen molar-refractivity contribution in [2.45, 2.75) is 33.7 Å². The largest absolute Gasteiger partial charge is 0.377 e. The molecule has 0 aromatic carbocycles. The minimum atomic E-state index is 0.545. The molecule has 0 atom stereocenters. The number of likely N-dealkylation sites (N-methyl/N-ethyl adjacent to an activating group) is 1. The van der Waals surface area contributed by atoms with Crippen LogP contribution >= 0.6 is 0 Å². The van der Waals surface area contributed by atoms with Gasteiger partial charge in [-0.05, 0) is 5.92 Å². The Labute approximate surface area is 83.0 Å². The van der Waals surface area contributed by atoms with Crippen LogP contribution in [0.5, 0.6) is 0 Å². The highest BCUT2D eigenvalue weighted by Crippen LogP contribution is 2.09. The van der Waals surface area contributed by atoms with E-state index in [0.717, 1.165) is 13.1 Å². The molecule has 0 aliphatic heterocycles. The summed E-state index contributed by atoms with van der Waals surface area (Å²) in [7, 11) is 2.10. The second-order valence-electron chi connectivity index (χ2n) is 4.18. The molecule has 0 spiro atoms. The van der Waals surface area contributed by atoms with Gasteiger partial charge in [-0.1, -0.05) is 34.3 Å². The van der Waals surface area contributed by atoms with Crippen LogP contribution in [-0.4, -0.2) is 31.1 Å². The van der Waals surface area contributed by atoms with Gasteiger partial charge in [0.1, 0.15) is 0 Å². The van der Waals surface area contributed by atoms with E-state index >= 15 is 0 Å². The van der Waals surface area contributed by atoms with E-state index in [1.807, 2.05) is 0 Å². The summed E-state index contributed by atoms with van der Waals surface area (Å²) >= 11 is 0. The smallest absolute Gasteiger partial charge is 0.0297 e. The van der Waals surface area contributed by atoms with Crippen molar-refractivity contribution >= 4 is 0 Å². The third-order valence-corrected chi connectivity index (χ3v) is 2.16. The van der Waals surface area contributed by atoms with E-state index in [2.05, 4.69) is 51.5 Å². The van der Waals surface area contributed by atoms with Crippen molar-refractivity contribution in [3.8, 4) is 0 Å². The van der Waals surface area contributed by atoms with Crippen molar-refractivity contribution in [1.82, 2.24) is 10.2 Å². The molecule has 78 valence electrons. The maximum Gasteiger partial charge on any atom is 0.0297 e. The van der Waals surface area contributed by atoms with Crippen LogP contribution in [0.2, 0.25) is 0 Å². The molecule has 0 heterocycles. The molecule has 0 saturated carbocycles. The van der Waals surface area contributed by atoms with Crippen LogP contribution in [0.15, 0.2) is 12.3 Å². The van der Waals surface area contributed by atoms with Gasteiger partial charge in [-0.3, -0.25) is 0 Å². The first-order valence-electron chi connectivity index (χ1n) is 5.08. The molecule has 0 fully saturated rings. The molecule has 0 amide bonds. The summed E-state index contributed by atoms with van der Waals surface area (Å²) in [5, 5.41) is 3.39. The fourth-order valence-corrected chi connectivity index (χ4v) is 1.11. The summed E-state index contributed by atoms with van der Waals surface area (Å²) < 4.78 is 0. The van der Waals surface area contributed by atoms with Gasteiger partial charge in [-0.2, -0.15) is 0 Å². The van der Waals surface area contributed by atoms with E-state index in [1.54, 1.807) is 0 Å². The second-order valence-corrected chi connectivity index (χ2v) is 4.18. The van der Waals surface area contributed by atoms with Gasteiger partial charge in [0, 0.05) is 31.9 Å². The number of hydrogen-bond acceptors (Lipinski definition) is 2. The molecule has 0 aliphatic carbocycles. The highest BCUT2D eigenvalue weighted by molar-refractivity contribution is 4.95. The highest BCUT2D eigenvalue weighted by atomic mass is 15.1. The molecule has 2 nitrogen and oxygen atoms in total. The number of allylic oxidation sites excluding steroid dienone is 1. The Balaban J connectivity index is 3.62. The Hall–Kier alpha value is -0.500. The molecule has 0 bridgehead atoms. The van der Waals surface area contributed by atoms with Gasteiger partial charge in [-0.15, -0.1) is 0 Å². The van der Waals surface area contributed by atoms with Gasteiger partial charge in [0.15, 0.2) is 0 Å². The first-order chi connectivity index (χ1) is 5.95. The van der Waals surface area contributed by atoms with Crippen molar-refractivity contribution in [2.24, 2.45) is 5.92 Å². The van der Waals surface area contributed by atoms with Gasteiger partial charge in [0.05, 0.1) is 0 Å². The fraction of sp³-hybridized carbons (Fsp3) is 0.818. The van der Waals surface area contributed by atoms with Crippen LogP contribution < -0.4 is 5.32 Å². The predicted molar refractivity (Wildman–Crippen MR) is 59.7 cm³/mol. The zero-order valence-electron chi connectivity index (χ0n) is 9.72. The molecule has 0 saturated heterocycles. The number of hydrogen-bond donors (Lipinski definition) is 1. The molecular weight excluding hydrogens is 160 g/mol.